The summed E-state index contributed by atoms with van der Waals surface area (Å²) < 4.78 is 29.4. The Hall–Kier alpha value is -3.93. The number of benzene rings is 2. The number of nitrogens with zero attached hydrogens (tertiary/aromatic N) is 3. The van der Waals surface area contributed by atoms with Crippen LogP contribution in [-0.2, 0) is 5.54 Å². The minimum Gasteiger partial charge on any atom is -0.383 e. The number of fused-ring (bicyclic) bond motifs is 1. The van der Waals surface area contributed by atoms with Crippen LogP contribution in [0.2, 0.25) is 0 Å². The standard InChI is InChI=1S/C24H16F2N4/c25-21-14-28-12-10-20(21)24(19-9-2-1-7-18(19)23(27)30-24)16-6-3-5-15(13-16)17-8-4-11-29-22(17)26/h1-14H,(H2,27,30). The fourth-order valence-corrected chi connectivity index (χ4v) is 4.09. The van der Waals surface area contributed by atoms with Crippen molar-refractivity contribution in [3.05, 3.63) is 119 Å². The van der Waals surface area contributed by atoms with Gasteiger partial charge in [-0.3, -0.25) is 4.98 Å². The van der Waals surface area contributed by atoms with Crippen LogP contribution in [0.15, 0.2) is 90.3 Å². The number of rotatable bonds is 3. The smallest absolute Gasteiger partial charge is 0.220 e. The summed E-state index contributed by atoms with van der Waals surface area (Å²) in [5, 5.41) is 0. The zero-order valence-electron chi connectivity index (χ0n) is 15.8. The van der Waals surface area contributed by atoms with Crippen molar-refractivity contribution < 1.29 is 8.78 Å². The molecule has 1 atom stereocenters. The van der Waals surface area contributed by atoms with E-state index in [4.69, 9.17) is 10.7 Å². The van der Waals surface area contributed by atoms with E-state index in [1.807, 2.05) is 30.3 Å². The summed E-state index contributed by atoms with van der Waals surface area (Å²) in [6.07, 6.45) is 4.08. The van der Waals surface area contributed by atoms with Crippen LogP contribution in [0.1, 0.15) is 22.3 Å². The van der Waals surface area contributed by atoms with E-state index in [0.717, 1.165) is 17.3 Å². The molecule has 3 heterocycles. The average molecular weight is 398 g/mol. The third kappa shape index (κ3) is 2.61. The molecule has 0 bridgehead atoms. The first kappa shape index (κ1) is 18.1. The molecule has 146 valence electrons. The van der Waals surface area contributed by atoms with Crippen LogP contribution < -0.4 is 5.73 Å². The Morgan fingerprint density at radius 1 is 0.800 bits per heavy atom. The van der Waals surface area contributed by atoms with Crippen molar-refractivity contribution >= 4 is 5.84 Å². The van der Waals surface area contributed by atoms with Gasteiger partial charge in [0.05, 0.1) is 6.20 Å². The predicted molar refractivity (Wildman–Crippen MR) is 111 cm³/mol. The van der Waals surface area contributed by atoms with Gasteiger partial charge >= 0.3 is 0 Å². The van der Waals surface area contributed by atoms with Crippen LogP contribution in [-0.4, -0.2) is 15.8 Å². The van der Waals surface area contributed by atoms with Crippen LogP contribution in [0.3, 0.4) is 0 Å². The largest absolute Gasteiger partial charge is 0.383 e. The lowest BCUT2D eigenvalue weighted by atomic mass is 9.77. The zero-order valence-corrected chi connectivity index (χ0v) is 15.8. The lowest BCUT2D eigenvalue weighted by Crippen LogP contribution is -2.27. The average Bonchev–Trinajstić information content (AvgIpc) is 3.08. The Labute approximate surface area is 171 Å². The molecule has 6 heteroatoms. The Bertz CT molecular complexity index is 1300. The molecular formula is C24H16F2N4. The van der Waals surface area contributed by atoms with E-state index in [9.17, 15) is 4.39 Å². The van der Waals surface area contributed by atoms with Gasteiger partial charge in [0.1, 0.15) is 17.2 Å². The lowest BCUT2D eigenvalue weighted by Gasteiger charge is -2.29. The van der Waals surface area contributed by atoms with E-state index in [-0.39, 0.29) is 0 Å². The summed E-state index contributed by atoms with van der Waals surface area (Å²) in [6, 6.07) is 19.6. The normalized spacial score (nSPS) is 17.5. The van der Waals surface area contributed by atoms with Gasteiger partial charge in [-0.2, -0.15) is 4.39 Å². The molecule has 30 heavy (non-hydrogen) atoms. The Morgan fingerprint density at radius 3 is 2.47 bits per heavy atom. The van der Waals surface area contributed by atoms with Crippen molar-refractivity contribution in [2.45, 2.75) is 5.54 Å². The highest BCUT2D eigenvalue weighted by Crippen LogP contribution is 2.47. The number of aromatic nitrogens is 2. The first-order valence-corrected chi connectivity index (χ1v) is 9.38. The number of pyridine rings is 2. The number of nitrogens with two attached hydrogens (primary N) is 1. The molecule has 0 saturated heterocycles. The van der Waals surface area contributed by atoms with Crippen molar-refractivity contribution in [2.75, 3.05) is 0 Å². The summed E-state index contributed by atoms with van der Waals surface area (Å²) in [5.74, 6) is -0.753. The van der Waals surface area contributed by atoms with Gasteiger partial charge in [-0.25, -0.2) is 14.4 Å². The van der Waals surface area contributed by atoms with Gasteiger partial charge in [-0.15, -0.1) is 0 Å². The molecule has 4 nitrogen and oxygen atoms in total. The topological polar surface area (TPSA) is 64.2 Å². The molecular weight excluding hydrogens is 382 g/mol. The Balaban J connectivity index is 1.82. The molecule has 5 rings (SSSR count). The summed E-state index contributed by atoms with van der Waals surface area (Å²) in [7, 11) is 0. The number of hydrogen-bond acceptors (Lipinski definition) is 4. The highest BCUT2D eigenvalue weighted by Gasteiger charge is 2.44. The summed E-state index contributed by atoms with van der Waals surface area (Å²) in [5.41, 5.74) is 8.53. The number of aliphatic imine (C=N–C) groups is 1. The van der Waals surface area contributed by atoms with E-state index in [1.54, 1.807) is 36.4 Å². The molecule has 1 unspecified atom stereocenters. The molecule has 0 fully saturated rings. The minimum atomic E-state index is -1.21. The predicted octanol–water partition coefficient (Wildman–Crippen LogP) is 4.43. The second-order valence-corrected chi connectivity index (χ2v) is 7.03. The SMILES string of the molecule is NC1=NC(c2cccc(-c3cccnc3F)c2)(c2ccncc2F)c2ccccc21. The molecule has 2 N–H and O–H groups in total. The van der Waals surface area contributed by atoms with Crippen molar-refractivity contribution in [3.8, 4) is 11.1 Å². The Kier molecular flexibility index (Phi) is 4.13. The molecule has 2 aromatic carbocycles. The monoisotopic (exact) mass is 398 g/mol. The molecule has 0 aliphatic carbocycles. The van der Waals surface area contributed by atoms with Gasteiger partial charge in [0.2, 0.25) is 5.95 Å². The van der Waals surface area contributed by atoms with E-state index < -0.39 is 17.3 Å². The van der Waals surface area contributed by atoms with E-state index in [0.29, 0.717) is 28.1 Å². The Morgan fingerprint density at radius 2 is 1.63 bits per heavy atom. The van der Waals surface area contributed by atoms with Crippen molar-refractivity contribution in [3.63, 3.8) is 0 Å². The summed E-state index contributed by atoms with van der Waals surface area (Å²) in [6.45, 7) is 0. The molecule has 1 aliphatic heterocycles. The summed E-state index contributed by atoms with van der Waals surface area (Å²) in [4.78, 5) is 12.4. The third-order valence-electron chi connectivity index (χ3n) is 5.39. The van der Waals surface area contributed by atoms with Gasteiger partial charge in [0, 0.05) is 29.1 Å². The summed E-state index contributed by atoms with van der Waals surface area (Å²) >= 11 is 0. The maximum Gasteiger partial charge on any atom is 0.220 e. The highest BCUT2D eigenvalue weighted by atomic mass is 19.1. The second kappa shape index (κ2) is 6.84. The minimum absolute atomic E-state index is 0.319. The van der Waals surface area contributed by atoms with Crippen LogP contribution in [0.5, 0.6) is 0 Å². The zero-order chi connectivity index (χ0) is 20.7. The van der Waals surface area contributed by atoms with Crippen molar-refractivity contribution in [1.29, 1.82) is 0 Å². The molecule has 2 aromatic heterocycles. The maximum atomic E-state index is 15.0. The molecule has 1 aliphatic rings. The van der Waals surface area contributed by atoms with Gasteiger partial charge in [-0.1, -0.05) is 42.5 Å². The lowest BCUT2D eigenvalue weighted by molar-refractivity contribution is 0.555. The fourth-order valence-electron chi connectivity index (χ4n) is 4.09. The molecule has 0 amide bonds. The molecule has 0 saturated carbocycles. The van der Waals surface area contributed by atoms with Crippen molar-refractivity contribution in [1.82, 2.24) is 9.97 Å². The fraction of sp³-hybridized carbons (Fsp3) is 0.0417. The first-order chi connectivity index (χ1) is 14.6. The van der Waals surface area contributed by atoms with Gasteiger partial charge in [0.15, 0.2) is 0 Å². The number of amidine groups is 1. The molecule has 4 aromatic rings. The third-order valence-corrected chi connectivity index (χ3v) is 5.39. The second-order valence-electron chi connectivity index (χ2n) is 7.03. The van der Waals surface area contributed by atoms with E-state index >= 15 is 4.39 Å². The highest BCUT2D eigenvalue weighted by molar-refractivity contribution is 6.03. The van der Waals surface area contributed by atoms with Crippen molar-refractivity contribution in [2.24, 2.45) is 10.7 Å². The maximum absolute atomic E-state index is 15.0. The first-order valence-electron chi connectivity index (χ1n) is 9.38. The van der Waals surface area contributed by atoms with Gasteiger partial charge < -0.3 is 5.73 Å². The van der Waals surface area contributed by atoms with Crippen LogP contribution in [0.25, 0.3) is 11.1 Å². The van der Waals surface area contributed by atoms with Crippen LogP contribution >= 0.6 is 0 Å². The van der Waals surface area contributed by atoms with E-state index in [1.165, 1.54) is 12.4 Å². The quantitative estimate of drug-likeness (QED) is 0.519. The molecule has 0 radical (unpaired) electrons. The van der Waals surface area contributed by atoms with Gasteiger partial charge in [0.25, 0.3) is 0 Å². The van der Waals surface area contributed by atoms with E-state index in [2.05, 4.69) is 9.97 Å². The molecule has 0 spiro atoms. The number of halogens is 2. The number of hydrogen-bond donors (Lipinski definition) is 1. The van der Waals surface area contributed by atoms with Gasteiger partial charge in [-0.05, 0) is 41.0 Å². The van der Waals surface area contributed by atoms with Crippen LogP contribution in [0.4, 0.5) is 8.78 Å². The van der Waals surface area contributed by atoms with Crippen LogP contribution in [0, 0.1) is 11.8 Å².